The van der Waals surface area contributed by atoms with Gasteiger partial charge in [0.1, 0.15) is 0 Å². The summed E-state index contributed by atoms with van der Waals surface area (Å²) in [4.78, 5) is 12.7. The van der Waals surface area contributed by atoms with Gasteiger partial charge in [-0.1, -0.05) is 34.6 Å². The Labute approximate surface area is 122 Å². The van der Waals surface area contributed by atoms with Crippen molar-refractivity contribution in [2.24, 2.45) is 28.4 Å². The van der Waals surface area contributed by atoms with Gasteiger partial charge in [-0.3, -0.25) is 4.79 Å². The molecule has 1 aliphatic heterocycles. The zero-order chi connectivity index (χ0) is 15.5. The van der Waals surface area contributed by atoms with Gasteiger partial charge in [-0.2, -0.15) is 0 Å². The zero-order valence-corrected chi connectivity index (χ0v) is 13.9. The first-order chi connectivity index (χ1) is 9.01. The molecule has 1 aliphatic carbocycles. The third kappa shape index (κ3) is 2.08. The summed E-state index contributed by atoms with van der Waals surface area (Å²) in [6.45, 7) is 14.7. The van der Waals surface area contributed by atoms with E-state index in [9.17, 15) is 4.79 Å². The van der Waals surface area contributed by atoms with Crippen molar-refractivity contribution < 1.29 is 9.53 Å². The molecule has 0 aromatic rings. The van der Waals surface area contributed by atoms with Crippen LogP contribution in [-0.2, 0) is 9.53 Å². The Morgan fingerprint density at radius 2 is 1.55 bits per heavy atom. The third-order valence-electron chi connectivity index (χ3n) is 5.92. The van der Waals surface area contributed by atoms with Crippen molar-refractivity contribution in [2.45, 2.75) is 72.8 Å². The van der Waals surface area contributed by atoms with Crippen LogP contribution in [0.5, 0.6) is 0 Å². The number of amides is 1. The molecule has 1 amide bonds. The summed E-state index contributed by atoms with van der Waals surface area (Å²) in [6, 6.07) is 0.224. The number of nitrogens with one attached hydrogen (secondary N) is 1. The molecule has 116 valence electrons. The van der Waals surface area contributed by atoms with Crippen LogP contribution < -0.4 is 11.1 Å². The molecular weight excluding hydrogens is 252 g/mol. The lowest BCUT2D eigenvalue weighted by Gasteiger charge is -2.63. The highest BCUT2D eigenvalue weighted by atomic mass is 16.5. The molecule has 2 rings (SSSR count). The highest BCUT2D eigenvalue weighted by molar-refractivity contribution is 5.80. The number of hydrogen-bond acceptors (Lipinski definition) is 3. The average molecular weight is 282 g/mol. The van der Waals surface area contributed by atoms with Gasteiger partial charge in [-0.25, -0.2) is 0 Å². The SMILES string of the molecule is CC1OC(C)C(C(=O)NC2C(C)(C)C(N)C2(C)C)C1C. The van der Waals surface area contributed by atoms with Crippen LogP contribution in [0.3, 0.4) is 0 Å². The molecule has 1 saturated carbocycles. The van der Waals surface area contributed by atoms with Crippen molar-refractivity contribution in [1.82, 2.24) is 5.32 Å². The highest BCUT2D eigenvalue weighted by Crippen LogP contribution is 2.52. The molecule has 0 bridgehead atoms. The molecule has 2 fully saturated rings. The fourth-order valence-electron chi connectivity index (χ4n) is 4.51. The van der Waals surface area contributed by atoms with Crippen molar-refractivity contribution in [1.29, 1.82) is 0 Å². The van der Waals surface area contributed by atoms with Crippen LogP contribution in [0, 0.1) is 22.7 Å². The van der Waals surface area contributed by atoms with Crippen LogP contribution in [0.1, 0.15) is 48.5 Å². The second-order valence-corrected chi connectivity index (χ2v) is 7.99. The molecular formula is C16H30N2O2. The second kappa shape index (κ2) is 4.70. The lowest BCUT2D eigenvalue weighted by molar-refractivity contribution is -0.138. The van der Waals surface area contributed by atoms with Gasteiger partial charge in [0.25, 0.3) is 0 Å². The van der Waals surface area contributed by atoms with Crippen molar-refractivity contribution in [3.8, 4) is 0 Å². The standard InChI is InChI=1S/C16H30N2O2/c1-8-9(2)20-10(3)11(8)12(19)18-14-15(4,5)13(17)16(14,6)7/h8-11,13-14H,17H2,1-7H3,(H,18,19). The first-order valence-corrected chi connectivity index (χ1v) is 7.72. The first kappa shape index (κ1) is 15.8. The molecule has 4 unspecified atom stereocenters. The van der Waals surface area contributed by atoms with Gasteiger partial charge >= 0.3 is 0 Å². The van der Waals surface area contributed by atoms with Gasteiger partial charge in [0.2, 0.25) is 5.91 Å². The molecule has 4 heteroatoms. The summed E-state index contributed by atoms with van der Waals surface area (Å²) in [5.41, 5.74) is 6.14. The fourth-order valence-corrected chi connectivity index (χ4v) is 4.51. The van der Waals surface area contributed by atoms with E-state index in [1.165, 1.54) is 0 Å². The lowest BCUT2D eigenvalue weighted by atomic mass is 9.48. The van der Waals surface area contributed by atoms with E-state index in [1.807, 2.05) is 13.8 Å². The fraction of sp³-hybridized carbons (Fsp3) is 0.938. The van der Waals surface area contributed by atoms with E-state index >= 15 is 0 Å². The number of carbonyl (C=O) groups is 1. The molecule has 0 aromatic heterocycles. The summed E-state index contributed by atoms with van der Waals surface area (Å²) in [7, 11) is 0. The number of ether oxygens (including phenoxy) is 1. The van der Waals surface area contributed by atoms with Crippen LogP contribution in [0.15, 0.2) is 0 Å². The summed E-state index contributed by atoms with van der Waals surface area (Å²) >= 11 is 0. The molecule has 4 atom stereocenters. The summed E-state index contributed by atoms with van der Waals surface area (Å²) in [5.74, 6) is 0.311. The molecule has 1 heterocycles. The molecule has 20 heavy (non-hydrogen) atoms. The summed E-state index contributed by atoms with van der Waals surface area (Å²) < 4.78 is 5.78. The Balaban J connectivity index is 2.09. The maximum atomic E-state index is 12.7. The maximum absolute atomic E-state index is 12.7. The molecule has 0 radical (unpaired) electrons. The number of carbonyl (C=O) groups excluding carboxylic acids is 1. The molecule has 0 aromatic carbocycles. The van der Waals surface area contributed by atoms with E-state index in [1.54, 1.807) is 0 Å². The second-order valence-electron chi connectivity index (χ2n) is 7.99. The van der Waals surface area contributed by atoms with Crippen LogP contribution in [0.4, 0.5) is 0 Å². The van der Waals surface area contributed by atoms with Gasteiger partial charge in [0.05, 0.1) is 18.1 Å². The van der Waals surface area contributed by atoms with E-state index in [0.717, 1.165) is 0 Å². The van der Waals surface area contributed by atoms with E-state index in [4.69, 9.17) is 10.5 Å². The van der Waals surface area contributed by atoms with Gasteiger partial charge < -0.3 is 15.8 Å². The maximum Gasteiger partial charge on any atom is 0.226 e. The van der Waals surface area contributed by atoms with E-state index < -0.39 is 0 Å². The Morgan fingerprint density at radius 3 is 1.95 bits per heavy atom. The van der Waals surface area contributed by atoms with Crippen LogP contribution >= 0.6 is 0 Å². The highest BCUT2D eigenvalue weighted by Gasteiger charge is 2.61. The predicted molar refractivity (Wildman–Crippen MR) is 80.1 cm³/mol. The summed E-state index contributed by atoms with van der Waals surface area (Å²) in [5, 5.41) is 3.25. The molecule has 3 N–H and O–H groups in total. The van der Waals surface area contributed by atoms with Gasteiger partial charge in [0, 0.05) is 22.9 Å². The predicted octanol–water partition coefficient (Wildman–Crippen LogP) is 1.92. The number of nitrogens with two attached hydrogens (primary N) is 1. The minimum Gasteiger partial charge on any atom is -0.374 e. The molecule has 1 saturated heterocycles. The first-order valence-electron chi connectivity index (χ1n) is 7.72. The van der Waals surface area contributed by atoms with Crippen molar-refractivity contribution in [3.05, 3.63) is 0 Å². The Bertz CT molecular complexity index is 389. The van der Waals surface area contributed by atoms with Gasteiger partial charge in [-0.15, -0.1) is 0 Å². The normalized spacial score (nSPS) is 45.8. The zero-order valence-electron chi connectivity index (χ0n) is 13.9. The third-order valence-corrected chi connectivity index (χ3v) is 5.92. The molecule has 4 nitrogen and oxygen atoms in total. The van der Waals surface area contributed by atoms with Crippen molar-refractivity contribution >= 4 is 5.91 Å². The smallest absolute Gasteiger partial charge is 0.226 e. The van der Waals surface area contributed by atoms with Crippen molar-refractivity contribution in [2.75, 3.05) is 0 Å². The molecule has 0 spiro atoms. The summed E-state index contributed by atoms with van der Waals surface area (Å²) in [6.07, 6.45) is 0.130. The average Bonchev–Trinajstić information content (AvgIpc) is 2.58. The quantitative estimate of drug-likeness (QED) is 0.813. The topological polar surface area (TPSA) is 64.3 Å². The number of rotatable bonds is 2. The Morgan fingerprint density at radius 1 is 1.05 bits per heavy atom. The Hall–Kier alpha value is -0.610. The largest absolute Gasteiger partial charge is 0.374 e. The van der Waals surface area contributed by atoms with Gasteiger partial charge in [0.15, 0.2) is 0 Å². The van der Waals surface area contributed by atoms with Crippen LogP contribution in [0.25, 0.3) is 0 Å². The van der Waals surface area contributed by atoms with Crippen LogP contribution in [-0.4, -0.2) is 30.2 Å². The van der Waals surface area contributed by atoms with Crippen molar-refractivity contribution in [3.63, 3.8) is 0 Å². The minimum atomic E-state index is -0.0616. The van der Waals surface area contributed by atoms with Gasteiger partial charge in [-0.05, 0) is 19.8 Å². The van der Waals surface area contributed by atoms with E-state index in [0.29, 0.717) is 0 Å². The molecule has 2 aliphatic rings. The van der Waals surface area contributed by atoms with E-state index in [-0.39, 0.29) is 52.9 Å². The monoisotopic (exact) mass is 282 g/mol. The minimum absolute atomic E-state index is 0.0139. The lowest BCUT2D eigenvalue weighted by Crippen LogP contribution is -2.76. The van der Waals surface area contributed by atoms with E-state index in [2.05, 4.69) is 39.9 Å². The van der Waals surface area contributed by atoms with Crippen LogP contribution in [0.2, 0.25) is 0 Å². The number of hydrogen-bond donors (Lipinski definition) is 2. The Kier molecular flexibility index (Phi) is 3.71.